The first-order valence-electron chi connectivity index (χ1n) is 6.45. The summed E-state index contributed by atoms with van der Waals surface area (Å²) in [6.45, 7) is 5.89. The van der Waals surface area contributed by atoms with Gasteiger partial charge in [-0.05, 0) is 24.9 Å². The Morgan fingerprint density at radius 1 is 1.35 bits per heavy atom. The smallest absolute Gasteiger partial charge is 0.261 e. The average Bonchev–Trinajstić information content (AvgIpc) is 2.90. The van der Waals surface area contributed by atoms with Crippen molar-refractivity contribution in [3.8, 4) is 0 Å². The highest BCUT2D eigenvalue weighted by Gasteiger charge is 2.07. The molecule has 114 valence electrons. The summed E-state index contributed by atoms with van der Waals surface area (Å²) in [7, 11) is 0. The second-order valence-electron chi connectivity index (χ2n) is 4.25. The number of nitrogens with one attached hydrogen (secondary N) is 3. The molecule has 20 heavy (non-hydrogen) atoms. The molecule has 0 aliphatic rings. The fraction of sp³-hybridized carbons (Fsp3) is 0.538. The van der Waals surface area contributed by atoms with E-state index in [0.717, 1.165) is 6.54 Å². The molecule has 0 fully saturated rings. The molecule has 0 saturated carbocycles. The second-order valence-corrected chi connectivity index (χ2v) is 5.19. The Balaban J connectivity index is 0.00000361. The van der Waals surface area contributed by atoms with E-state index in [1.807, 2.05) is 25.3 Å². The Morgan fingerprint density at radius 3 is 2.70 bits per heavy atom. The van der Waals surface area contributed by atoms with Crippen LogP contribution in [0.5, 0.6) is 0 Å². The second kappa shape index (κ2) is 10.7. The molecule has 0 aliphatic heterocycles. The lowest BCUT2D eigenvalue weighted by Gasteiger charge is -2.13. The standard InChI is InChI=1S/C13H21N3O2S.ClH/c1-3-14-10(2)9-16-12(17)6-7-15-13(18)11-5-4-8-19-11;/h4-5,8,10,14H,3,6-7,9H2,1-2H3,(H,15,18)(H,16,17);1H/t10-;/m1./s1. The molecule has 0 spiro atoms. The van der Waals surface area contributed by atoms with E-state index in [2.05, 4.69) is 16.0 Å². The van der Waals surface area contributed by atoms with Crippen LogP contribution in [0.4, 0.5) is 0 Å². The minimum atomic E-state index is -0.121. The first-order valence-corrected chi connectivity index (χ1v) is 7.33. The maximum absolute atomic E-state index is 11.6. The van der Waals surface area contributed by atoms with Gasteiger partial charge in [0.2, 0.25) is 5.91 Å². The molecule has 0 saturated heterocycles. The number of likely N-dealkylation sites (N-methyl/N-ethyl adjacent to an activating group) is 1. The highest BCUT2D eigenvalue weighted by atomic mass is 35.5. The average molecular weight is 320 g/mol. The molecule has 0 aromatic carbocycles. The minimum Gasteiger partial charge on any atom is -0.354 e. The molecule has 5 nitrogen and oxygen atoms in total. The molecule has 1 heterocycles. The summed E-state index contributed by atoms with van der Waals surface area (Å²) in [6.07, 6.45) is 0.302. The third-order valence-electron chi connectivity index (χ3n) is 2.54. The van der Waals surface area contributed by atoms with Crippen molar-refractivity contribution in [2.45, 2.75) is 26.3 Å². The molecule has 0 aliphatic carbocycles. The first kappa shape index (κ1) is 18.9. The van der Waals surface area contributed by atoms with Gasteiger partial charge in [-0.3, -0.25) is 9.59 Å². The lowest BCUT2D eigenvalue weighted by Crippen LogP contribution is -2.39. The zero-order valence-electron chi connectivity index (χ0n) is 11.8. The van der Waals surface area contributed by atoms with E-state index in [0.29, 0.717) is 24.4 Å². The topological polar surface area (TPSA) is 70.2 Å². The van der Waals surface area contributed by atoms with Crippen LogP contribution in [0.25, 0.3) is 0 Å². The summed E-state index contributed by atoms with van der Waals surface area (Å²) < 4.78 is 0. The van der Waals surface area contributed by atoms with Crippen molar-refractivity contribution in [1.82, 2.24) is 16.0 Å². The number of hydrogen-bond acceptors (Lipinski definition) is 4. The van der Waals surface area contributed by atoms with Gasteiger partial charge in [0, 0.05) is 25.6 Å². The Morgan fingerprint density at radius 2 is 2.10 bits per heavy atom. The number of carbonyl (C=O) groups is 2. The molecule has 0 bridgehead atoms. The summed E-state index contributed by atoms with van der Waals surface area (Å²) in [4.78, 5) is 23.8. The van der Waals surface area contributed by atoms with Crippen molar-refractivity contribution in [2.75, 3.05) is 19.6 Å². The van der Waals surface area contributed by atoms with Gasteiger partial charge in [0.05, 0.1) is 4.88 Å². The van der Waals surface area contributed by atoms with E-state index >= 15 is 0 Å². The highest BCUT2D eigenvalue weighted by Crippen LogP contribution is 2.07. The van der Waals surface area contributed by atoms with Crippen molar-refractivity contribution < 1.29 is 9.59 Å². The Labute approximate surface area is 129 Å². The van der Waals surface area contributed by atoms with Crippen LogP contribution >= 0.6 is 23.7 Å². The van der Waals surface area contributed by atoms with Crippen molar-refractivity contribution in [2.24, 2.45) is 0 Å². The van der Waals surface area contributed by atoms with Gasteiger partial charge in [-0.1, -0.05) is 13.0 Å². The van der Waals surface area contributed by atoms with E-state index < -0.39 is 0 Å². The van der Waals surface area contributed by atoms with Crippen LogP contribution in [0, 0.1) is 0 Å². The van der Waals surface area contributed by atoms with Crippen LogP contribution in [0.2, 0.25) is 0 Å². The number of rotatable bonds is 8. The number of thiophene rings is 1. The van der Waals surface area contributed by atoms with Gasteiger partial charge in [0.25, 0.3) is 5.91 Å². The molecule has 3 N–H and O–H groups in total. The minimum absolute atomic E-state index is 0. The van der Waals surface area contributed by atoms with Gasteiger partial charge in [0.1, 0.15) is 0 Å². The van der Waals surface area contributed by atoms with Crippen LogP contribution in [0.3, 0.4) is 0 Å². The van der Waals surface area contributed by atoms with Crippen LogP contribution in [0.15, 0.2) is 17.5 Å². The SMILES string of the molecule is CCN[C@H](C)CNC(=O)CCNC(=O)c1cccs1.Cl. The largest absolute Gasteiger partial charge is 0.354 e. The van der Waals surface area contributed by atoms with Crippen molar-refractivity contribution in [1.29, 1.82) is 0 Å². The normalized spacial score (nSPS) is 11.3. The van der Waals surface area contributed by atoms with Gasteiger partial charge in [-0.25, -0.2) is 0 Å². The Hall–Kier alpha value is -1.11. The molecule has 2 amide bonds. The fourth-order valence-corrected chi connectivity index (χ4v) is 2.20. The summed E-state index contributed by atoms with van der Waals surface area (Å²) >= 11 is 1.39. The third-order valence-corrected chi connectivity index (χ3v) is 3.41. The van der Waals surface area contributed by atoms with E-state index in [9.17, 15) is 9.59 Å². The van der Waals surface area contributed by atoms with E-state index in [1.165, 1.54) is 11.3 Å². The van der Waals surface area contributed by atoms with Crippen LogP contribution in [-0.2, 0) is 4.79 Å². The van der Waals surface area contributed by atoms with Crippen LogP contribution in [-0.4, -0.2) is 37.5 Å². The molecule has 1 aromatic heterocycles. The maximum atomic E-state index is 11.6. The fourth-order valence-electron chi connectivity index (χ4n) is 1.56. The molecule has 0 radical (unpaired) electrons. The zero-order valence-corrected chi connectivity index (χ0v) is 13.4. The maximum Gasteiger partial charge on any atom is 0.261 e. The van der Waals surface area contributed by atoms with Crippen molar-refractivity contribution >= 4 is 35.6 Å². The number of carbonyl (C=O) groups excluding carboxylic acids is 2. The third kappa shape index (κ3) is 7.47. The lowest BCUT2D eigenvalue weighted by atomic mass is 10.3. The van der Waals surface area contributed by atoms with Crippen LogP contribution in [0.1, 0.15) is 29.9 Å². The van der Waals surface area contributed by atoms with Gasteiger partial charge < -0.3 is 16.0 Å². The van der Waals surface area contributed by atoms with E-state index in [4.69, 9.17) is 0 Å². The first-order chi connectivity index (χ1) is 9.13. The number of halogens is 1. The lowest BCUT2D eigenvalue weighted by molar-refractivity contribution is -0.121. The van der Waals surface area contributed by atoms with Crippen molar-refractivity contribution in [3.05, 3.63) is 22.4 Å². The zero-order chi connectivity index (χ0) is 14.1. The van der Waals surface area contributed by atoms with Gasteiger partial charge in [-0.2, -0.15) is 0 Å². The Kier molecular flexibility index (Phi) is 10.1. The predicted octanol–water partition coefficient (Wildman–Crippen LogP) is 1.40. The summed E-state index contributed by atoms with van der Waals surface area (Å²) in [6, 6.07) is 3.85. The molecule has 1 rings (SSSR count). The summed E-state index contributed by atoms with van der Waals surface area (Å²) in [5, 5.41) is 10.6. The summed E-state index contributed by atoms with van der Waals surface area (Å²) in [5.74, 6) is -0.167. The molecule has 1 atom stereocenters. The molecular weight excluding hydrogens is 298 g/mol. The quantitative estimate of drug-likeness (QED) is 0.678. The molecule has 0 unspecified atom stereocenters. The molecular formula is C13H22ClN3O2S. The molecule has 1 aromatic rings. The number of hydrogen-bond donors (Lipinski definition) is 3. The van der Waals surface area contributed by atoms with Crippen molar-refractivity contribution in [3.63, 3.8) is 0 Å². The Bertz CT molecular complexity index is 398. The predicted molar refractivity (Wildman–Crippen MR) is 84.7 cm³/mol. The number of amides is 2. The summed E-state index contributed by atoms with van der Waals surface area (Å²) in [5.41, 5.74) is 0. The highest BCUT2D eigenvalue weighted by molar-refractivity contribution is 7.12. The van der Waals surface area contributed by atoms with Crippen LogP contribution < -0.4 is 16.0 Å². The monoisotopic (exact) mass is 319 g/mol. The van der Waals surface area contributed by atoms with Gasteiger partial charge in [0.15, 0.2) is 0 Å². The van der Waals surface area contributed by atoms with E-state index in [-0.39, 0.29) is 30.3 Å². The molecule has 7 heteroatoms. The van der Waals surface area contributed by atoms with E-state index in [1.54, 1.807) is 6.07 Å². The van der Waals surface area contributed by atoms with Gasteiger partial charge in [-0.15, -0.1) is 23.7 Å². The van der Waals surface area contributed by atoms with Gasteiger partial charge >= 0.3 is 0 Å².